The number of hydrogen-bond acceptors (Lipinski definition) is 6. The first-order valence-electron chi connectivity index (χ1n) is 9.01. The number of non-ortho nitro benzene ring substituents is 1. The first-order valence-corrected chi connectivity index (χ1v) is 10.5. The summed E-state index contributed by atoms with van der Waals surface area (Å²) in [5.74, 6) is -0.498. The fourth-order valence-corrected chi connectivity index (χ4v) is 4.23. The summed E-state index contributed by atoms with van der Waals surface area (Å²) in [6.45, 7) is 0.921. The fourth-order valence-electron chi connectivity index (χ4n) is 3.03. The number of likely N-dealkylation sites (N-methyl/N-ethyl adjacent to an activating group) is 1. The minimum absolute atomic E-state index is 0.0740. The summed E-state index contributed by atoms with van der Waals surface area (Å²) in [5.41, 5.74) is 0.368. The Morgan fingerprint density at radius 1 is 1.28 bits per heavy atom. The van der Waals surface area contributed by atoms with Crippen molar-refractivity contribution in [2.24, 2.45) is 0 Å². The molecular weight excluding hydrogens is 398 g/mol. The molecule has 3 rings (SSSR count). The molecule has 1 aliphatic rings. The monoisotopic (exact) mass is 419 g/mol. The van der Waals surface area contributed by atoms with E-state index in [1.165, 1.54) is 59.9 Å². The van der Waals surface area contributed by atoms with Crippen molar-refractivity contribution in [1.82, 2.24) is 4.31 Å². The molecule has 0 saturated carbocycles. The highest BCUT2D eigenvalue weighted by molar-refractivity contribution is 7.89. The predicted molar refractivity (Wildman–Crippen MR) is 106 cm³/mol. The van der Waals surface area contributed by atoms with Crippen LogP contribution in [0.4, 0.5) is 11.4 Å². The highest BCUT2D eigenvalue weighted by Gasteiger charge is 2.26. The second kappa shape index (κ2) is 8.68. The second-order valence-corrected chi connectivity index (χ2v) is 8.75. The van der Waals surface area contributed by atoms with Gasteiger partial charge in [0.15, 0.2) is 0 Å². The van der Waals surface area contributed by atoms with E-state index in [9.17, 15) is 23.3 Å². The van der Waals surface area contributed by atoms with Crippen LogP contribution < -0.4 is 5.32 Å². The number of anilines is 1. The molecule has 0 bridgehead atoms. The Morgan fingerprint density at radius 2 is 2.00 bits per heavy atom. The van der Waals surface area contributed by atoms with Gasteiger partial charge in [-0.25, -0.2) is 8.42 Å². The van der Waals surface area contributed by atoms with E-state index < -0.39 is 20.9 Å². The first-order chi connectivity index (χ1) is 13.8. The Labute approximate surface area is 168 Å². The average molecular weight is 419 g/mol. The number of hydrogen-bond donors (Lipinski definition) is 1. The van der Waals surface area contributed by atoms with E-state index in [1.807, 2.05) is 0 Å². The maximum Gasteiger partial charge on any atom is 0.271 e. The van der Waals surface area contributed by atoms with Crippen molar-refractivity contribution < 1.29 is 22.9 Å². The molecule has 1 amide bonds. The molecule has 2 aromatic carbocycles. The van der Waals surface area contributed by atoms with Crippen molar-refractivity contribution in [1.29, 1.82) is 0 Å². The van der Waals surface area contributed by atoms with Crippen LogP contribution >= 0.6 is 0 Å². The standard InChI is InChI=1S/C19H21N3O6S/c1-21(13-17-6-3-11-28-17)29(26,27)18-9-7-14(8-10-18)19(23)20-15-4-2-5-16(12-15)22(24)25/h2,4-5,7-10,12,17H,3,6,11,13H2,1H3,(H,20,23). The predicted octanol–water partition coefficient (Wildman–Crippen LogP) is 2.65. The third-order valence-corrected chi connectivity index (χ3v) is 6.46. The molecule has 1 fully saturated rings. The van der Waals surface area contributed by atoms with Crippen LogP contribution in [0.3, 0.4) is 0 Å². The highest BCUT2D eigenvalue weighted by Crippen LogP contribution is 2.21. The number of nitro groups is 1. The molecular formula is C19H21N3O6S. The zero-order chi connectivity index (χ0) is 21.0. The Kier molecular flexibility index (Phi) is 6.26. The molecule has 0 spiro atoms. The molecule has 1 unspecified atom stereocenters. The SMILES string of the molecule is CN(CC1CCCO1)S(=O)(=O)c1ccc(C(=O)Nc2cccc([N+](=O)[O-])c2)cc1. The first kappa shape index (κ1) is 20.9. The van der Waals surface area contributed by atoms with Crippen molar-refractivity contribution in [2.45, 2.75) is 23.8 Å². The van der Waals surface area contributed by atoms with Gasteiger partial charge in [0, 0.05) is 43.6 Å². The van der Waals surface area contributed by atoms with Crippen LogP contribution in [0, 0.1) is 10.1 Å². The Morgan fingerprint density at radius 3 is 2.62 bits per heavy atom. The molecule has 1 saturated heterocycles. The molecule has 9 nitrogen and oxygen atoms in total. The van der Waals surface area contributed by atoms with Crippen molar-refractivity contribution in [3.8, 4) is 0 Å². The fraction of sp³-hybridized carbons (Fsp3) is 0.316. The molecule has 1 atom stereocenters. The van der Waals surface area contributed by atoms with Crippen molar-refractivity contribution in [2.75, 3.05) is 25.5 Å². The lowest BCUT2D eigenvalue weighted by molar-refractivity contribution is -0.384. The van der Waals surface area contributed by atoms with Crippen molar-refractivity contribution in [3.05, 3.63) is 64.2 Å². The van der Waals surface area contributed by atoms with E-state index >= 15 is 0 Å². The molecule has 0 aromatic heterocycles. The molecule has 1 N–H and O–H groups in total. The van der Waals surface area contributed by atoms with Crippen LogP contribution in [-0.2, 0) is 14.8 Å². The van der Waals surface area contributed by atoms with E-state index in [1.54, 1.807) is 0 Å². The molecule has 10 heteroatoms. The largest absolute Gasteiger partial charge is 0.377 e. The molecule has 154 valence electrons. The number of nitrogens with one attached hydrogen (secondary N) is 1. The van der Waals surface area contributed by atoms with Gasteiger partial charge in [0.25, 0.3) is 11.6 Å². The van der Waals surface area contributed by atoms with Gasteiger partial charge in [0.1, 0.15) is 0 Å². The third kappa shape index (κ3) is 4.97. The Balaban J connectivity index is 1.69. The van der Waals surface area contributed by atoms with E-state index in [-0.39, 0.29) is 34.5 Å². The lowest BCUT2D eigenvalue weighted by atomic mass is 10.2. The average Bonchev–Trinajstić information content (AvgIpc) is 3.21. The number of carbonyl (C=O) groups is 1. The summed E-state index contributed by atoms with van der Waals surface area (Å²) in [6.07, 6.45) is 1.65. The third-order valence-electron chi connectivity index (χ3n) is 4.62. The quantitative estimate of drug-likeness (QED) is 0.544. The van der Waals surface area contributed by atoms with Crippen LogP contribution in [0.5, 0.6) is 0 Å². The second-order valence-electron chi connectivity index (χ2n) is 6.71. The molecule has 0 radical (unpaired) electrons. The van der Waals surface area contributed by atoms with E-state index in [4.69, 9.17) is 4.74 Å². The number of benzene rings is 2. The lowest BCUT2D eigenvalue weighted by Crippen LogP contribution is -2.34. The highest BCUT2D eigenvalue weighted by atomic mass is 32.2. The van der Waals surface area contributed by atoms with Crippen molar-refractivity contribution in [3.63, 3.8) is 0 Å². The minimum atomic E-state index is -3.70. The number of carbonyl (C=O) groups excluding carboxylic acids is 1. The van der Waals surface area contributed by atoms with E-state index in [0.717, 1.165) is 12.8 Å². The Bertz CT molecular complexity index is 1000. The summed E-state index contributed by atoms with van der Waals surface area (Å²) in [6, 6.07) is 11.1. The molecule has 0 aliphatic carbocycles. The lowest BCUT2D eigenvalue weighted by Gasteiger charge is -2.20. The zero-order valence-corrected chi connectivity index (χ0v) is 16.6. The van der Waals surface area contributed by atoms with Crippen LogP contribution in [0.15, 0.2) is 53.4 Å². The Hall–Kier alpha value is -2.82. The number of amides is 1. The van der Waals surface area contributed by atoms with Crippen molar-refractivity contribution >= 4 is 27.3 Å². The molecule has 29 heavy (non-hydrogen) atoms. The van der Waals surface area contributed by atoms with Gasteiger partial charge in [0.2, 0.25) is 10.0 Å². The summed E-state index contributed by atoms with van der Waals surface area (Å²) < 4.78 is 32.1. The number of sulfonamides is 1. The zero-order valence-electron chi connectivity index (χ0n) is 15.8. The number of ether oxygens (including phenoxy) is 1. The van der Waals surface area contributed by atoms with Gasteiger partial charge in [-0.05, 0) is 43.2 Å². The van der Waals surface area contributed by atoms with Gasteiger partial charge in [-0.2, -0.15) is 4.31 Å². The molecule has 1 heterocycles. The van der Waals surface area contributed by atoms with Crippen LogP contribution in [-0.4, -0.2) is 49.9 Å². The summed E-state index contributed by atoms with van der Waals surface area (Å²) in [4.78, 5) is 22.7. The number of nitrogens with zero attached hydrogens (tertiary/aromatic N) is 2. The van der Waals surface area contributed by atoms with Crippen LogP contribution in [0.1, 0.15) is 23.2 Å². The summed E-state index contributed by atoms with van der Waals surface area (Å²) in [7, 11) is -2.20. The van der Waals surface area contributed by atoms with Gasteiger partial charge >= 0.3 is 0 Å². The van der Waals surface area contributed by atoms with Gasteiger partial charge in [-0.3, -0.25) is 14.9 Å². The van der Waals surface area contributed by atoms with Gasteiger partial charge < -0.3 is 10.1 Å². The van der Waals surface area contributed by atoms with Crippen LogP contribution in [0.25, 0.3) is 0 Å². The van der Waals surface area contributed by atoms with E-state index in [2.05, 4.69) is 5.32 Å². The topological polar surface area (TPSA) is 119 Å². The van der Waals surface area contributed by atoms with Crippen LogP contribution in [0.2, 0.25) is 0 Å². The molecule has 1 aliphatic heterocycles. The summed E-state index contributed by atoms with van der Waals surface area (Å²) >= 11 is 0. The van der Waals surface area contributed by atoms with Gasteiger partial charge in [0.05, 0.1) is 15.9 Å². The van der Waals surface area contributed by atoms with E-state index in [0.29, 0.717) is 6.61 Å². The number of nitro benzene ring substituents is 1. The maximum atomic E-state index is 12.7. The number of rotatable bonds is 7. The normalized spacial score (nSPS) is 16.7. The smallest absolute Gasteiger partial charge is 0.271 e. The van der Waals surface area contributed by atoms with Gasteiger partial charge in [-0.15, -0.1) is 0 Å². The molecule has 2 aromatic rings. The summed E-state index contributed by atoms with van der Waals surface area (Å²) in [5, 5.41) is 13.4. The van der Waals surface area contributed by atoms with Gasteiger partial charge in [-0.1, -0.05) is 6.07 Å². The maximum absolute atomic E-state index is 12.7. The minimum Gasteiger partial charge on any atom is -0.377 e.